The summed E-state index contributed by atoms with van der Waals surface area (Å²) in [6.07, 6.45) is 1.01. The van der Waals surface area contributed by atoms with Crippen molar-refractivity contribution in [3.63, 3.8) is 0 Å². The molecule has 0 radical (unpaired) electrons. The minimum absolute atomic E-state index is 0.0295. The van der Waals surface area contributed by atoms with Crippen LogP contribution in [-0.2, 0) is 0 Å². The topological polar surface area (TPSA) is 49.3 Å². The van der Waals surface area contributed by atoms with E-state index in [1.807, 2.05) is 0 Å². The van der Waals surface area contributed by atoms with Crippen LogP contribution in [-0.4, -0.2) is 17.1 Å². The van der Waals surface area contributed by atoms with Crippen molar-refractivity contribution in [2.45, 2.75) is 26.3 Å². The second kappa shape index (κ2) is 3.47. The Morgan fingerprint density at radius 1 is 1.56 bits per heavy atom. The number of carboxylic acids is 1. The van der Waals surface area contributed by atoms with Crippen LogP contribution in [0, 0.1) is 11.2 Å². The molecular formula is C12H14FNO2. The molecule has 1 saturated carbocycles. The molecule has 0 aliphatic heterocycles. The van der Waals surface area contributed by atoms with Crippen molar-refractivity contribution >= 4 is 11.7 Å². The van der Waals surface area contributed by atoms with Gasteiger partial charge in [0.2, 0.25) is 0 Å². The van der Waals surface area contributed by atoms with Gasteiger partial charge in [-0.3, -0.25) is 0 Å². The molecule has 1 aromatic carbocycles. The lowest BCUT2D eigenvalue weighted by Crippen LogP contribution is -2.10. The van der Waals surface area contributed by atoms with E-state index in [1.54, 1.807) is 0 Å². The van der Waals surface area contributed by atoms with E-state index in [-0.39, 0.29) is 17.0 Å². The largest absolute Gasteiger partial charge is 0.478 e. The molecule has 86 valence electrons. The van der Waals surface area contributed by atoms with Crippen LogP contribution in [0.1, 0.15) is 30.6 Å². The van der Waals surface area contributed by atoms with E-state index in [1.165, 1.54) is 12.1 Å². The first-order valence-corrected chi connectivity index (χ1v) is 5.19. The molecule has 0 bridgehead atoms. The SMILES string of the molecule is CC1(C)CC1Nc1ccc(C(=O)O)cc1F. The maximum Gasteiger partial charge on any atom is 0.335 e. The van der Waals surface area contributed by atoms with Crippen LogP contribution >= 0.6 is 0 Å². The van der Waals surface area contributed by atoms with Crippen LogP contribution in [0.4, 0.5) is 10.1 Å². The molecular weight excluding hydrogens is 209 g/mol. The summed E-state index contributed by atoms with van der Waals surface area (Å²) in [4.78, 5) is 10.6. The van der Waals surface area contributed by atoms with Crippen molar-refractivity contribution in [1.29, 1.82) is 0 Å². The fourth-order valence-electron chi connectivity index (χ4n) is 1.67. The second-order valence-electron chi connectivity index (χ2n) is 4.89. The molecule has 3 nitrogen and oxygen atoms in total. The summed E-state index contributed by atoms with van der Waals surface area (Å²) in [5.41, 5.74) is 0.552. The van der Waals surface area contributed by atoms with Crippen molar-refractivity contribution in [2.75, 3.05) is 5.32 Å². The van der Waals surface area contributed by atoms with Crippen LogP contribution < -0.4 is 5.32 Å². The van der Waals surface area contributed by atoms with E-state index in [9.17, 15) is 9.18 Å². The summed E-state index contributed by atoms with van der Waals surface area (Å²) in [5.74, 6) is -1.63. The highest BCUT2D eigenvalue weighted by molar-refractivity contribution is 5.88. The Hall–Kier alpha value is -1.58. The summed E-state index contributed by atoms with van der Waals surface area (Å²) < 4.78 is 13.5. The molecule has 0 saturated heterocycles. The monoisotopic (exact) mass is 223 g/mol. The number of benzene rings is 1. The average Bonchev–Trinajstić information content (AvgIpc) is 2.77. The van der Waals surface area contributed by atoms with E-state index in [0.29, 0.717) is 5.69 Å². The lowest BCUT2D eigenvalue weighted by atomic mass is 10.1. The van der Waals surface area contributed by atoms with E-state index in [2.05, 4.69) is 19.2 Å². The molecule has 16 heavy (non-hydrogen) atoms. The van der Waals surface area contributed by atoms with Crippen molar-refractivity contribution in [1.82, 2.24) is 0 Å². The summed E-state index contributed by atoms with van der Waals surface area (Å²) in [6.45, 7) is 4.21. The summed E-state index contributed by atoms with van der Waals surface area (Å²) >= 11 is 0. The van der Waals surface area contributed by atoms with Gasteiger partial charge in [-0.15, -0.1) is 0 Å². The Balaban J connectivity index is 2.14. The molecule has 0 heterocycles. The Bertz CT molecular complexity index is 443. The number of anilines is 1. The van der Waals surface area contributed by atoms with Gasteiger partial charge in [0, 0.05) is 6.04 Å². The third kappa shape index (κ3) is 2.01. The number of nitrogens with one attached hydrogen (secondary N) is 1. The normalized spacial score (nSPS) is 21.6. The number of carbonyl (C=O) groups is 1. The van der Waals surface area contributed by atoms with Crippen LogP contribution in [0.25, 0.3) is 0 Å². The molecule has 2 rings (SSSR count). The first kappa shape index (κ1) is 10.9. The summed E-state index contributed by atoms with van der Waals surface area (Å²) in [5, 5.41) is 11.8. The Morgan fingerprint density at radius 2 is 2.19 bits per heavy atom. The third-order valence-electron chi connectivity index (χ3n) is 3.06. The predicted molar refractivity (Wildman–Crippen MR) is 59.2 cm³/mol. The highest BCUT2D eigenvalue weighted by Gasteiger charge is 2.45. The van der Waals surface area contributed by atoms with Gasteiger partial charge in [-0.1, -0.05) is 13.8 Å². The molecule has 1 fully saturated rings. The first-order valence-electron chi connectivity index (χ1n) is 5.19. The van der Waals surface area contributed by atoms with Gasteiger partial charge >= 0.3 is 5.97 Å². The quantitative estimate of drug-likeness (QED) is 0.828. The minimum Gasteiger partial charge on any atom is -0.478 e. The van der Waals surface area contributed by atoms with Crippen molar-refractivity contribution in [3.05, 3.63) is 29.6 Å². The Labute approximate surface area is 93.3 Å². The van der Waals surface area contributed by atoms with Gasteiger partial charge in [0.25, 0.3) is 0 Å². The van der Waals surface area contributed by atoms with Gasteiger partial charge in [-0.05, 0) is 30.0 Å². The number of hydrogen-bond donors (Lipinski definition) is 2. The number of hydrogen-bond acceptors (Lipinski definition) is 2. The molecule has 0 aromatic heterocycles. The molecule has 1 aliphatic rings. The lowest BCUT2D eigenvalue weighted by Gasteiger charge is -2.09. The molecule has 2 N–H and O–H groups in total. The molecule has 1 aromatic rings. The van der Waals surface area contributed by atoms with E-state index in [4.69, 9.17) is 5.11 Å². The standard InChI is InChI=1S/C12H14FNO2/c1-12(2)6-10(12)14-9-4-3-7(11(15)16)5-8(9)13/h3-5,10,14H,6H2,1-2H3,(H,15,16). The maximum absolute atomic E-state index is 13.5. The fraction of sp³-hybridized carbons (Fsp3) is 0.417. The van der Waals surface area contributed by atoms with Crippen molar-refractivity contribution < 1.29 is 14.3 Å². The minimum atomic E-state index is -1.11. The second-order valence-corrected chi connectivity index (χ2v) is 4.89. The molecule has 1 aliphatic carbocycles. The van der Waals surface area contributed by atoms with Crippen molar-refractivity contribution in [3.8, 4) is 0 Å². The van der Waals surface area contributed by atoms with E-state index in [0.717, 1.165) is 12.5 Å². The average molecular weight is 223 g/mol. The summed E-state index contributed by atoms with van der Waals surface area (Å²) in [6, 6.07) is 4.20. The fourth-order valence-corrected chi connectivity index (χ4v) is 1.67. The zero-order valence-electron chi connectivity index (χ0n) is 9.25. The molecule has 1 unspecified atom stereocenters. The smallest absolute Gasteiger partial charge is 0.335 e. The van der Waals surface area contributed by atoms with E-state index >= 15 is 0 Å². The van der Waals surface area contributed by atoms with Crippen LogP contribution in [0.5, 0.6) is 0 Å². The lowest BCUT2D eigenvalue weighted by molar-refractivity contribution is 0.0696. The number of rotatable bonds is 3. The molecule has 0 spiro atoms. The summed E-state index contributed by atoms with van der Waals surface area (Å²) in [7, 11) is 0. The van der Waals surface area contributed by atoms with Gasteiger partial charge in [0.15, 0.2) is 0 Å². The number of carboxylic acid groups (broad SMARTS) is 1. The molecule has 4 heteroatoms. The maximum atomic E-state index is 13.5. The highest BCUT2D eigenvalue weighted by atomic mass is 19.1. The zero-order valence-corrected chi connectivity index (χ0v) is 9.25. The van der Waals surface area contributed by atoms with Crippen LogP contribution in [0.2, 0.25) is 0 Å². The highest BCUT2D eigenvalue weighted by Crippen LogP contribution is 2.46. The third-order valence-corrected chi connectivity index (χ3v) is 3.06. The predicted octanol–water partition coefficient (Wildman–Crippen LogP) is 2.73. The molecule has 1 atom stereocenters. The Morgan fingerprint density at radius 3 is 2.62 bits per heavy atom. The van der Waals surface area contributed by atoms with Crippen molar-refractivity contribution in [2.24, 2.45) is 5.41 Å². The van der Waals surface area contributed by atoms with Crippen LogP contribution in [0.15, 0.2) is 18.2 Å². The van der Waals surface area contributed by atoms with Gasteiger partial charge in [-0.25, -0.2) is 9.18 Å². The zero-order chi connectivity index (χ0) is 11.9. The first-order chi connectivity index (χ1) is 7.40. The number of aromatic carboxylic acids is 1. The van der Waals surface area contributed by atoms with Crippen LogP contribution in [0.3, 0.4) is 0 Å². The van der Waals surface area contributed by atoms with Gasteiger partial charge in [-0.2, -0.15) is 0 Å². The van der Waals surface area contributed by atoms with E-state index < -0.39 is 11.8 Å². The van der Waals surface area contributed by atoms with Gasteiger partial charge in [0.05, 0.1) is 11.3 Å². The van der Waals surface area contributed by atoms with Gasteiger partial charge < -0.3 is 10.4 Å². The molecule has 0 amide bonds. The number of halogens is 1. The van der Waals surface area contributed by atoms with Gasteiger partial charge in [0.1, 0.15) is 5.82 Å². The Kier molecular flexibility index (Phi) is 2.37.